The van der Waals surface area contributed by atoms with Crippen molar-refractivity contribution in [3.63, 3.8) is 0 Å². The van der Waals surface area contributed by atoms with Gasteiger partial charge in [-0.3, -0.25) is 19.7 Å². The summed E-state index contributed by atoms with van der Waals surface area (Å²) < 4.78 is 0. The number of nitro groups is 1. The largest absolute Gasteiger partial charge is 0.358 e. The fourth-order valence-electron chi connectivity index (χ4n) is 1.14. The fourth-order valence-corrected chi connectivity index (χ4v) is 1.33. The minimum Gasteiger partial charge on any atom is -0.358 e. The third-order valence-corrected chi connectivity index (χ3v) is 2.41. The second-order valence-electron chi connectivity index (χ2n) is 3.28. The van der Waals surface area contributed by atoms with Crippen molar-refractivity contribution in [1.82, 2.24) is 10.6 Å². The molecule has 0 saturated heterocycles. The van der Waals surface area contributed by atoms with Crippen LogP contribution in [0.25, 0.3) is 0 Å². The van der Waals surface area contributed by atoms with E-state index in [1.807, 2.05) is 0 Å². The molecule has 8 heteroatoms. The first-order valence-corrected chi connectivity index (χ1v) is 5.26. The molecule has 18 heavy (non-hydrogen) atoms. The Bertz CT molecular complexity index is 504. The molecule has 1 aromatic carbocycles. The number of hydrogen-bond acceptors (Lipinski definition) is 4. The molecule has 0 fully saturated rings. The second-order valence-corrected chi connectivity index (χ2v) is 3.69. The standard InChI is InChI=1S/C10H10ClN3O4/c1-12-9(15)5-13-10(16)6-2-3-7(11)8(4-6)14(17)18/h2-4H,5H2,1H3,(H,12,15)(H,13,16). The van der Waals surface area contributed by atoms with Gasteiger partial charge in [-0.1, -0.05) is 11.6 Å². The van der Waals surface area contributed by atoms with Crippen molar-refractivity contribution in [3.8, 4) is 0 Å². The first kappa shape index (κ1) is 13.9. The van der Waals surface area contributed by atoms with Crippen molar-refractivity contribution in [2.24, 2.45) is 0 Å². The molecule has 0 aliphatic carbocycles. The quantitative estimate of drug-likeness (QED) is 0.622. The predicted octanol–water partition coefficient (Wildman–Crippen LogP) is 0.724. The van der Waals surface area contributed by atoms with Crippen molar-refractivity contribution < 1.29 is 14.5 Å². The van der Waals surface area contributed by atoms with Crippen LogP contribution in [0.4, 0.5) is 5.69 Å². The molecule has 2 N–H and O–H groups in total. The Hall–Kier alpha value is -2.15. The lowest BCUT2D eigenvalue weighted by Crippen LogP contribution is -2.35. The van der Waals surface area contributed by atoms with Crippen LogP contribution < -0.4 is 10.6 Å². The average molecular weight is 272 g/mol. The van der Waals surface area contributed by atoms with E-state index in [1.54, 1.807) is 0 Å². The number of hydrogen-bond donors (Lipinski definition) is 2. The lowest BCUT2D eigenvalue weighted by Gasteiger charge is -2.04. The number of carbonyl (C=O) groups is 2. The van der Waals surface area contributed by atoms with E-state index in [2.05, 4.69) is 10.6 Å². The maximum absolute atomic E-state index is 11.6. The first-order chi connectivity index (χ1) is 8.45. The van der Waals surface area contributed by atoms with Crippen LogP contribution in [0.3, 0.4) is 0 Å². The molecule has 1 aromatic rings. The first-order valence-electron chi connectivity index (χ1n) is 4.88. The number of nitrogens with zero attached hydrogens (tertiary/aromatic N) is 1. The molecular formula is C10H10ClN3O4. The molecule has 0 spiro atoms. The Morgan fingerprint density at radius 3 is 2.67 bits per heavy atom. The molecule has 0 radical (unpaired) electrons. The van der Waals surface area contributed by atoms with E-state index in [9.17, 15) is 19.7 Å². The molecule has 1 rings (SSSR count). The number of amides is 2. The summed E-state index contributed by atoms with van der Waals surface area (Å²) in [6.45, 7) is -0.203. The Balaban J connectivity index is 2.84. The summed E-state index contributed by atoms with van der Waals surface area (Å²) in [4.78, 5) is 32.5. The third kappa shape index (κ3) is 3.42. The molecule has 0 aliphatic rings. The van der Waals surface area contributed by atoms with E-state index in [4.69, 9.17) is 11.6 Å². The van der Waals surface area contributed by atoms with Crippen LogP contribution in [0.2, 0.25) is 5.02 Å². The lowest BCUT2D eigenvalue weighted by molar-refractivity contribution is -0.384. The molecule has 0 aromatic heterocycles. The summed E-state index contributed by atoms with van der Waals surface area (Å²) in [6.07, 6.45) is 0. The Kier molecular flexibility index (Phi) is 4.61. The van der Waals surface area contributed by atoms with Crippen LogP contribution >= 0.6 is 11.6 Å². The maximum atomic E-state index is 11.6. The van der Waals surface area contributed by atoms with Gasteiger partial charge in [-0.25, -0.2) is 0 Å². The van der Waals surface area contributed by atoms with Gasteiger partial charge in [0.1, 0.15) is 5.02 Å². The normalized spacial score (nSPS) is 9.67. The Morgan fingerprint density at radius 2 is 2.11 bits per heavy atom. The maximum Gasteiger partial charge on any atom is 0.288 e. The van der Waals surface area contributed by atoms with Crippen LogP contribution in [0, 0.1) is 10.1 Å². The van der Waals surface area contributed by atoms with Crippen molar-refractivity contribution >= 4 is 29.1 Å². The van der Waals surface area contributed by atoms with Crippen molar-refractivity contribution in [1.29, 1.82) is 0 Å². The summed E-state index contributed by atoms with van der Waals surface area (Å²) in [5.74, 6) is -0.954. The number of halogens is 1. The van der Waals surface area contributed by atoms with Crippen LogP contribution in [0.5, 0.6) is 0 Å². The SMILES string of the molecule is CNC(=O)CNC(=O)c1ccc(Cl)c([N+](=O)[O-])c1. The van der Waals surface area contributed by atoms with Crippen LogP contribution in [-0.2, 0) is 4.79 Å². The third-order valence-electron chi connectivity index (χ3n) is 2.09. The topological polar surface area (TPSA) is 101 Å². The minimum atomic E-state index is -0.683. The van der Waals surface area contributed by atoms with Gasteiger partial charge in [-0.15, -0.1) is 0 Å². The van der Waals surface area contributed by atoms with Crippen molar-refractivity contribution in [3.05, 3.63) is 38.9 Å². The molecule has 0 saturated carbocycles. The highest BCUT2D eigenvalue weighted by Gasteiger charge is 2.16. The predicted molar refractivity (Wildman–Crippen MR) is 64.5 cm³/mol. The highest BCUT2D eigenvalue weighted by atomic mass is 35.5. The van der Waals surface area contributed by atoms with E-state index in [1.165, 1.54) is 19.2 Å². The van der Waals surface area contributed by atoms with E-state index in [0.717, 1.165) is 6.07 Å². The Morgan fingerprint density at radius 1 is 1.44 bits per heavy atom. The minimum absolute atomic E-state index is 0.0529. The summed E-state index contributed by atoms with van der Waals surface area (Å²) >= 11 is 5.61. The molecule has 2 amide bonds. The molecule has 0 unspecified atom stereocenters. The van der Waals surface area contributed by atoms with Gasteiger partial charge in [0, 0.05) is 18.7 Å². The van der Waals surface area contributed by atoms with E-state index in [0.29, 0.717) is 0 Å². The Labute approximate surface area is 107 Å². The van der Waals surface area contributed by atoms with Gasteiger partial charge in [-0.05, 0) is 12.1 Å². The fraction of sp³-hybridized carbons (Fsp3) is 0.200. The van der Waals surface area contributed by atoms with Gasteiger partial charge in [-0.2, -0.15) is 0 Å². The van der Waals surface area contributed by atoms with Gasteiger partial charge in [0.05, 0.1) is 11.5 Å². The van der Waals surface area contributed by atoms with E-state index >= 15 is 0 Å². The molecule has 0 atom stereocenters. The highest BCUT2D eigenvalue weighted by molar-refractivity contribution is 6.32. The van der Waals surface area contributed by atoms with Gasteiger partial charge in [0.25, 0.3) is 11.6 Å². The summed E-state index contributed by atoms with van der Waals surface area (Å²) in [6, 6.07) is 3.66. The lowest BCUT2D eigenvalue weighted by atomic mass is 10.2. The highest BCUT2D eigenvalue weighted by Crippen LogP contribution is 2.24. The van der Waals surface area contributed by atoms with Crippen LogP contribution in [0.1, 0.15) is 10.4 Å². The molecule has 96 valence electrons. The monoisotopic (exact) mass is 271 g/mol. The zero-order valence-corrected chi connectivity index (χ0v) is 10.2. The molecule has 0 bridgehead atoms. The summed E-state index contributed by atoms with van der Waals surface area (Å²) in [5.41, 5.74) is -0.292. The second kappa shape index (κ2) is 5.97. The number of rotatable bonds is 4. The van der Waals surface area contributed by atoms with Crippen molar-refractivity contribution in [2.75, 3.05) is 13.6 Å². The van der Waals surface area contributed by atoms with Gasteiger partial charge >= 0.3 is 0 Å². The van der Waals surface area contributed by atoms with Gasteiger partial charge in [0.2, 0.25) is 5.91 Å². The smallest absolute Gasteiger partial charge is 0.288 e. The molecular weight excluding hydrogens is 262 g/mol. The number of nitro benzene ring substituents is 1. The number of benzene rings is 1. The van der Waals surface area contributed by atoms with Gasteiger partial charge < -0.3 is 10.6 Å². The van der Waals surface area contributed by atoms with E-state index < -0.39 is 10.8 Å². The number of likely N-dealkylation sites (N-methyl/N-ethyl adjacent to an activating group) is 1. The summed E-state index contributed by atoms with van der Waals surface area (Å²) in [7, 11) is 1.43. The number of carbonyl (C=O) groups excluding carboxylic acids is 2. The zero-order chi connectivity index (χ0) is 13.7. The van der Waals surface area contributed by atoms with E-state index in [-0.39, 0.29) is 28.7 Å². The van der Waals surface area contributed by atoms with Gasteiger partial charge in [0.15, 0.2) is 0 Å². The summed E-state index contributed by atoms with van der Waals surface area (Å²) in [5, 5.41) is 15.2. The zero-order valence-electron chi connectivity index (χ0n) is 9.40. The molecule has 0 heterocycles. The van der Waals surface area contributed by atoms with Crippen LogP contribution in [0.15, 0.2) is 18.2 Å². The number of nitrogens with one attached hydrogen (secondary N) is 2. The molecule has 7 nitrogen and oxygen atoms in total. The van der Waals surface area contributed by atoms with Crippen molar-refractivity contribution in [2.45, 2.75) is 0 Å². The van der Waals surface area contributed by atoms with Crippen LogP contribution in [-0.4, -0.2) is 30.3 Å². The average Bonchev–Trinajstić information content (AvgIpc) is 2.35. The molecule has 0 aliphatic heterocycles.